The van der Waals surface area contributed by atoms with Crippen molar-refractivity contribution in [3.63, 3.8) is 0 Å². The van der Waals surface area contributed by atoms with E-state index in [-0.39, 0.29) is 23.9 Å². The Balaban J connectivity index is 0.000000491. The summed E-state index contributed by atoms with van der Waals surface area (Å²) in [6.07, 6.45) is 5.16. The van der Waals surface area contributed by atoms with Crippen LogP contribution in [0.15, 0.2) is 15.8 Å². The second-order valence-electron chi connectivity index (χ2n) is 5.42. The smallest absolute Gasteiger partial charge is 0.330 e. The fourth-order valence-electron chi connectivity index (χ4n) is 2.12. The Hall–Kier alpha value is -1.40. The molecule has 1 aliphatic rings. The van der Waals surface area contributed by atoms with Crippen LogP contribution in [-0.2, 0) is 4.74 Å². The highest BCUT2D eigenvalue weighted by atomic mass is 16.5. The van der Waals surface area contributed by atoms with Gasteiger partial charge in [0.25, 0.3) is 5.56 Å². The van der Waals surface area contributed by atoms with Crippen molar-refractivity contribution in [3.05, 3.63) is 32.6 Å². The van der Waals surface area contributed by atoms with Crippen LogP contribution in [0.2, 0.25) is 0 Å². The number of rotatable bonds is 3. The van der Waals surface area contributed by atoms with E-state index in [1.54, 1.807) is 6.92 Å². The number of aryl methyl sites for hydroxylation is 1. The van der Waals surface area contributed by atoms with Gasteiger partial charge in [-0.1, -0.05) is 33.6 Å². The van der Waals surface area contributed by atoms with E-state index in [1.165, 1.54) is 23.6 Å². The fraction of sp³-hybridized carbons (Fsp3) is 0.733. The number of nitrogens with one attached hydrogen (secondary N) is 1. The molecule has 3 unspecified atom stereocenters. The lowest BCUT2D eigenvalue weighted by Crippen LogP contribution is -2.33. The van der Waals surface area contributed by atoms with E-state index in [0.717, 1.165) is 6.42 Å². The molecule has 0 spiro atoms. The van der Waals surface area contributed by atoms with Crippen molar-refractivity contribution < 1.29 is 4.74 Å². The summed E-state index contributed by atoms with van der Waals surface area (Å²) in [5.41, 5.74) is 5.60. The van der Waals surface area contributed by atoms with Crippen LogP contribution < -0.4 is 17.0 Å². The Labute approximate surface area is 125 Å². The molecule has 6 heteroatoms. The molecule has 2 heterocycles. The standard InChI is InChI=1S/C11H17N3O3.C4H10/c1-3-8-7(12)4-9(17-8)14-5-6(2)10(15)13-11(14)16;1-3-4-2/h5,7-9H,3-4,12H2,1-2H3,(H,13,15,16);3-4H2,1-2H3. The molecule has 120 valence electrons. The van der Waals surface area contributed by atoms with Gasteiger partial charge < -0.3 is 10.5 Å². The van der Waals surface area contributed by atoms with Crippen LogP contribution in [0.25, 0.3) is 0 Å². The topological polar surface area (TPSA) is 90.1 Å². The summed E-state index contributed by atoms with van der Waals surface area (Å²) in [5, 5.41) is 0. The molecule has 21 heavy (non-hydrogen) atoms. The Morgan fingerprint density at radius 3 is 2.43 bits per heavy atom. The van der Waals surface area contributed by atoms with Gasteiger partial charge in [0.2, 0.25) is 0 Å². The molecule has 1 saturated heterocycles. The minimum Gasteiger partial charge on any atom is -0.353 e. The van der Waals surface area contributed by atoms with E-state index in [4.69, 9.17) is 10.5 Å². The number of H-pyrrole nitrogens is 1. The summed E-state index contributed by atoms with van der Waals surface area (Å²) < 4.78 is 7.11. The summed E-state index contributed by atoms with van der Waals surface area (Å²) in [6, 6.07) is -0.0656. The molecule has 0 aliphatic carbocycles. The van der Waals surface area contributed by atoms with Gasteiger partial charge in [-0.3, -0.25) is 14.3 Å². The second-order valence-corrected chi connectivity index (χ2v) is 5.42. The first kappa shape index (κ1) is 17.7. The van der Waals surface area contributed by atoms with Crippen molar-refractivity contribution in [1.82, 2.24) is 9.55 Å². The molecule has 1 aliphatic heterocycles. The summed E-state index contributed by atoms with van der Waals surface area (Å²) in [4.78, 5) is 25.2. The van der Waals surface area contributed by atoms with Crippen molar-refractivity contribution in [2.75, 3.05) is 0 Å². The third-order valence-corrected chi connectivity index (χ3v) is 3.64. The summed E-state index contributed by atoms with van der Waals surface area (Å²) in [5.74, 6) is 0. The molecule has 0 saturated carbocycles. The molecule has 1 aromatic rings. The van der Waals surface area contributed by atoms with Gasteiger partial charge in [-0.25, -0.2) is 4.79 Å². The molecule has 0 amide bonds. The molecule has 1 fully saturated rings. The van der Waals surface area contributed by atoms with Crippen LogP contribution in [0, 0.1) is 6.92 Å². The summed E-state index contributed by atoms with van der Waals surface area (Å²) >= 11 is 0. The van der Waals surface area contributed by atoms with Crippen LogP contribution in [-0.4, -0.2) is 21.7 Å². The molecule has 0 radical (unpaired) electrons. The van der Waals surface area contributed by atoms with Crippen LogP contribution in [0.3, 0.4) is 0 Å². The predicted octanol–water partition coefficient (Wildman–Crippen LogP) is 1.68. The van der Waals surface area contributed by atoms with E-state index in [0.29, 0.717) is 12.0 Å². The number of hydrogen-bond donors (Lipinski definition) is 2. The molecule has 0 bridgehead atoms. The Morgan fingerprint density at radius 2 is 1.95 bits per heavy atom. The van der Waals surface area contributed by atoms with Crippen LogP contribution >= 0.6 is 0 Å². The molecular formula is C15H27N3O3. The first-order chi connectivity index (χ1) is 9.94. The lowest BCUT2D eigenvalue weighted by atomic mass is 10.1. The van der Waals surface area contributed by atoms with E-state index in [2.05, 4.69) is 18.8 Å². The largest absolute Gasteiger partial charge is 0.353 e. The third-order valence-electron chi connectivity index (χ3n) is 3.64. The average Bonchev–Trinajstić information content (AvgIpc) is 2.84. The number of hydrogen-bond acceptors (Lipinski definition) is 4. The zero-order chi connectivity index (χ0) is 16.0. The van der Waals surface area contributed by atoms with Gasteiger partial charge >= 0.3 is 5.69 Å². The zero-order valence-electron chi connectivity index (χ0n) is 13.4. The number of aromatic nitrogens is 2. The van der Waals surface area contributed by atoms with Crippen molar-refractivity contribution in [2.24, 2.45) is 5.73 Å². The highest BCUT2D eigenvalue weighted by Gasteiger charge is 2.33. The molecule has 6 nitrogen and oxygen atoms in total. The summed E-state index contributed by atoms with van der Waals surface area (Å²) in [7, 11) is 0. The fourth-order valence-corrected chi connectivity index (χ4v) is 2.12. The van der Waals surface area contributed by atoms with E-state index in [1.807, 2.05) is 6.92 Å². The maximum Gasteiger partial charge on any atom is 0.330 e. The Bertz CT molecular complexity index is 548. The van der Waals surface area contributed by atoms with Crippen molar-refractivity contribution in [1.29, 1.82) is 0 Å². The highest BCUT2D eigenvalue weighted by molar-refractivity contribution is 5.02. The molecule has 2 rings (SSSR count). The van der Waals surface area contributed by atoms with Crippen LogP contribution in [0.4, 0.5) is 0 Å². The first-order valence-corrected chi connectivity index (χ1v) is 7.67. The van der Waals surface area contributed by atoms with Gasteiger partial charge in [-0.15, -0.1) is 0 Å². The molecule has 1 aromatic heterocycles. The Morgan fingerprint density at radius 1 is 1.33 bits per heavy atom. The average molecular weight is 297 g/mol. The van der Waals surface area contributed by atoms with Crippen molar-refractivity contribution >= 4 is 0 Å². The minimum absolute atomic E-state index is 0.0286. The first-order valence-electron chi connectivity index (χ1n) is 7.67. The van der Waals surface area contributed by atoms with Crippen molar-refractivity contribution in [2.45, 2.75) is 71.8 Å². The molecule has 3 N–H and O–H groups in total. The number of aromatic amines is 1. The van der Waals surface area contributed by atoms with Gasteiger partial charge in [0.1, 0.15) is 6.23 Å². The number of nitrogens with zero attached hydrogens (tertiary/aromatic N) is 1. The molecule has 3 atom stereocenters. The molecule has 0 aromatic carbocycles. The predicted molar refractivity (Wildman–Crippen MR) is 83.4 cm³/mol. The van der Waals surface area contributed by atoms with Gasteiger partial charge in [-0.05, 0) is 13.3 Å². The maximum atomic E-state index is 11.7. The third kappa shape index (κ3) is 4.54. The Kier molecular flexibility index (Phi) is 6.84. The quantitative estimate of drug-likeness (QED) is 0.888. The summed E-state index contributed by atoms with van der Waals surface area (Å²) in [6.45, 7) is 8.01. The zero-order valence-corrected chi connectivity index (χ0v) is 13.4. The normalized spacial score (nSPS) is 24.5. The van der Waals surface area contributed by atoms with E-state index in [9.17, 15) is 9.59 Å². The monoisotopic (exact) mass is 297 g/mol. The number of nitrogens with two attached hydrogens (primary N) is 1. The van der Waals surface area contributed by atoms with Gasteiger partial charge in [0.05, 0.1) is 6.10 Å². The SMILES string of the molecule is CCC1OC(n2cc(C)c(=O)[nH]c2=O)CC1N.CCCC. The van der Waals surface area contributed by atoms with Gasteiger partial charge in [0.15, 0.2) is 0 Å². The lowest BCUT2D eigenvalue weighted by Gasteiger charge is -2.15. The lowest BCUT2D eigenvalue weighted by molar-refractivity contribution is -0.00420. The highest BCUT2D eigenvalue weighted by Crippen LogP contribution is 2.27. The number of ether oxygens (including phenoxy) is 1. The van der Waals surface area contributed by atoms with E-state index >= 15 is 0 Å². The minimum atomic E-state index is -0.449. The van der Waals surface area contributed by atoms with Crippen molar-refractivity contribution in [3.8, 4) is 0 Å². The van der Waals surface area contributed by atoms with Crippen LogP contribution in [0.1, 0.15) is 58.2 Å². The maximum absolute atomic E-state index is 11.7. The van der Waals surface area contributed by atoms with Gasteiger partial charge in [0, 0.05) is 24.2 Å². The van der Waals surface area contributed by atoms with Crippen LogP contribution in [0.5, 0.6) is 0 Å². The van der Waals surface area contributed by atoms with Gasteiger partial charge in [-0.2, -0.15) is 0 Å². The second kappa shape index (κ2) is 8.14. The molecular weight excluding hydrogens is 270 g/mol. The number of unbranched alkanes of at least 4 members (excludes halogenated alkanes) is 1. The van der Waals surface area contributed by atoms with E-state index < -0.39 is 5.69 Å².